The number of aliphatic hydroxyl groups is 1. The zero-order valence-electron chi connectivity index (χ0n) is 11.3. The summed E-state index contributed by atoms with van der Waals surface area (Å²) in [6.45, 7) is 1.71. The number of ether oxygens (including phenoxy) is 1. The predicted octanol–water partition coefficient (Wildman–Crippen LogP) is 1.79. The molecule has 1 unspecified atom stereocenters. The summed E-state index contributed by atoms with van der Waals surface area (Å²) in [4.78, 5) is 34.9. The van der Waals surface area contributed by atoms with Gasteiger partial charge in [-0.3, -0.25) is 4.79 Å². The molecule has 0 saturated carbocycles. The minimum absolute atomic E-state index is 0.0125. The van der Waals surface area contributed by atoms with Gasteiger partial charge in [0, 0.05) is 23.4 Å². The van der Waals surface area contributed by atoms with Crippen molar-refractivity contribution in [2.45, 2.75) is 19.4 Å². The number of carbonyl (C=O) groups is 3. The number of esters is 1. The lowest BCUT2D eigenvalue weighted by atomic mass is 9.93. The van der Waals surface area contributed by atoms with Gasteiger partial charge in [0.1, 0.15) is 0 Å². The number of aliphatic hydroxyl groups excluding tert-OH is 1. The Hall–Kier alpha value is -1.92. The van der Waals surface area contributed by atoms with Crippen molar-refractivity contribution in [1.82, 2.24) is 0 Å². The molecule has 114 valence electrons. The Morgan fingerprint density at radius 3 is 2.52 bits per heavy atom. The van der Waals surface area contributed by atoms with Crippen LogP contribution in [0.2, 0.25) is 0 Å². The molecule has 0 amide bonds. The number of ketones is 1. The smallest absolute Gasteiger partial charge is 0.338 e. The van der Waals surface area contributed by atoms with Gasteiger partial charge < -0.3 is 14.9 Å². The molecule has 0 spiro atoms. The van der Waals surface area contributed by atoms with E-state index in [9.17, 15) is 19.5 Å². The van der Waals surface area contributed by atoms with Crippen molar-refractivity contribution in [3.63, 3.8) is 0 Å². The Morgan fingerprint density at radius 2 is 2.00 bits per heavy atom. The fourth-order valence-electron chi connectivity index (χ4n) is 1.83. The van der Waals surface area contributed by atoms with E-state index in [2.05, 4.69) is 0 Å². The van der Waals surface area contributed by atoms with Crippen LogP contribution in [0.4, 0.5) is 0 Å². The Bertz CT molecular complexity index is 554. The highest BCUT2D eigenvalue weighted by molar-refractivity contribution is 6.20. The first-order chi connectivity index (χ1) is 9.93. The van der Waals surface area contributed by atoms with E-state index in [1.165, 1.54) is 18.2 Å². The number of benzene rings is 1. The van der Waals surface area contributed by atoms with Crippen LogP contribution in [0, 0.1) is 0 Å². The third kappa shape index (κ3) is 4.03. The van der Waals surface area contributed by atoms with Gasteiger partial charge in [0.05, 0.1) is 12.2 Å². The lowest BCUT2D eigenvalue weighted by Gasteiger charge is -2.15. The summed E-state index contributed by atoms with van der Waals surface area (Å²) in [5.74, 6) is -2.78. The molecule has 21 heavy (non-hydrogen) atoms. The standard InChI is InChI=1S/C14H15ClO6/c1-2-21-14(20)9-5-3-4-8(12(17)13(18)19)11(9)10(16)6-7-15/h3-5,12,17H,2,6-7H2,1H3,(H,18,19). The SMILES string of the molecule is CCOC(=O)c1cccc(C(O)C(=O)O)c1C(=O)CCCl. The summed E-state index contributed by atoms with van der Waals surface area (Å²) in [7, 11) is 0. The van der Waals surface area contributed by atoms with E-state index in [1.54, 1.807) is 6.92 Å². The maximum atomic E-state index is 12.1. The number of hydrogen-bond acceptors (Lipinski definition) is 5. The van der Waals surface area contributed by atoms with Gasteiger partial charge in [0.25, 0.3) is 0 Å². The highest BCUT2D eigenvalue weighted by Crippen LogP contribution is 2.24. The third-order valence-corrected chi connectivity index (χ3v) is 2.91. The van der Waals surface area contributed by atoms with Crippen LogP contribution in [0.3, 0.4) is 0 Å². The largest absolute Gasteiger partial charge is 0.479 e. The molecule has 1 aromatic carbocycles. The lowest BCUT2D eigenvalue weighted by molar-refractivity contribution is -0.146. The zero-order chi connectivity index (χ0) is 16.0. The summed E-state index contributed by atoms with van der Waals surface area (Å²) in [5.41, 5.74) is -0.389. The first-order valence-electron chi connectivity index (χ1n) is 6.24. The topological polar surface area (TPSA) is 101 Å². The first-order valence-corrected chi connectivity index (χ1v) is 6.77. The Balaban J connectivity index is 3.44. The average Bonchev–Trinajstić information content (AvgIpc) is 2.46. The monoisotopic (exact) mass is 314 g/mol. The van der Waals surface area contributed by atoms with Gasteiger partial charge in [-0.15, -0.1) is 11.6 Å². The molecular formula is C14H15ClO6. The van der Waals surface area contributed by atoms with Crippen molar-refractivity contribution in [3.8, 4) is 0 Å². The molecule has 0 aliphatic heterocycles. The highest BCUT2D eigenvalue weighted by atomic mass is 35.5. The summed E-state index contributed by atoms with van der Waals surface area (Å²) in [6, 6.07) is 4.01. The van der Waals surface area contributed by atoms with Gasteiger partial charge in [-0.25, -0.2) is 9.59 Å². The molecular weight excluding hydrogens is 300 g/mol. The lowest BCUT2D eigenvalue weighted by Crippen LogP contribution is -2.19. The van der Waals surface area contributed by atoms with Crippen LogP contribution in [-0.4, -0.2) is 40.4 Å². The Labute approximate surface area is 126 Å². The van der Waals surface area contributed by atoms with Crippen LogP contribution in [0.1, 0.15) is 45.7 Å². The van der Waals surface area contributed by atoms with Gasteiger partial charge in [0.2, 0.25) is 0 Å². The zero-order valence-corrected chi connectivity index (χ0v) is 12.1. The molecule has 0 heterocycles. The number of aliphatic carboxylic acids is 1. The molecule has 0 radical (unpaired) electrons. The number of Topliss-reactive ketones (excluding diaryl/α,β-unsaturated/α-hetero) is 1. The van der Waals surface area contributed by atoms with Gasteiger partial charge in [-0.1, -0.05) is 12.1 Å². The molecule has 0 aliphatic rings. The minimum atomic E-state index is -1.91. The second-order valence-corrected chi connectivity index (χ2v) is 4.47. The van der Waals surface area contributed by atoms with Crippen molar-refractivity contribution in [2.24, 2.45) is 0 Å². The van der Waals surface area contributed by atoms with E-state index in [4.69, 9.17) is 21.4 Å². The summed E-state index contributed by atoms with van der Waals surface area (Å²) in [5, 5.41) is 18.6. The second kappa shape index (κ2) is 7.75. The van der Waals surface area contributed by atoms with Crippen LogP contribution in [0.25, 0.3) is 0 Å². The van der Waals surface area contributed by atoms with E-state index in [0.29, 0.717) is 0 Å². The average molecular weight is 315 g/mol. The number of carboxylic acids is 1. The molecule has 0 aliphatic carbocycles. The third-order valence-electron chi connectivity index (χ3n) is 2.72. The molecule has 7 heteroatoms. The Morgan fingerprint density at radius 1 is 1.33 bits per heavy atom. The minimum Gasteiger partial charge on any atom is -0.479 e. The quantitative estimate of drug-likeness (QED) is 0.452. The van der Waals surface area contributed by atoms with Crippen LogP contribution in [0.15, 0.2) is 18.2 Å². The van der Waals surface area contributed by atoms with Gasteiger partial charge >= 0.3 is 11.9 Å². The fraction of sp³-hybridized carbons (Fsp3) is 0.357. The maximum Gasteiger partial charge on any atom is 0.338 e. The molecule has 0 aromatic heterocycles. The van der Waals surface area contributed by atoms with E-state index < -0.39 is 23.8 Å². The number of alkyl halides is 1. The van der Waals surface area contributed by atoms with Gasteiger partial charge in [-0.05, 0) is 13.0 Å². The van der Waals surface area contributed by atoms with Crippen LogP contribution in [-0.2, 0) is 9.53 Å². The fourth-order valence-corrected chi connectivity index (χ4v) is 2.00. The number of carbonyl (C=O) groups excluding carboxylic acids is 2. The van der Waals surface area contributed by atoms with E-state index in [-0.39, 0.29) is 35.6 Å². The molecule has 1 atom stereocenters. The number of rotatable bonds is 7. The van der Waals surface area contributed by atoms with E-state index in [1.807, 2.05) is 0 Å². The second-order valence-electron chi connectivity index (χ2n) is 4.09. The number of hydrogen-bond donors (Lipinski definition) is 2. The Kier molecular flexibility index (Phi) is 6.33. The normalized spacial score (nSPS) is 11.8. The number of halogens is 1. The molecule has 6 nitrogen and oxygen atoms in total. The van der Waals surface area contributed by atoms with Gasteiger partial charge in [0.15, 0.2) is 11.9 Å². The molecule has 1 aromatic rings. The van der Waals surface area contributed by atoms with Crippen LogP contribution < -0.4 is 0 Å². The predicted molar refractivity (Wildman–Crippen MR) is 74.7 cm³/mol. The first kappa shape index (κ1) is 17.1. The van der Waals surface area contributed by atoms with Crippen molar-refractivity contribution in [2.75, 3.05) is 12.5 Å². The van der Waals surface area contributed by atoms with E-state index >= 15 is 0 Å². The van der Waals surface area contributed by atoms with Crippen LogP contribution >= 0.6 is 11.6 Å². The molecule has 2 N–H and O–H groups in total. The molecule has 0 fully saturated rings. The molecule has 1 rings (SSSR count). The number of carboxylic acid groups (broad SMARTS) is 1. The highest BCUT2D eigenvalue weighted by Gasteiger charge is 2.27. The van der Waals surface area contributed by atoms with Crippen molar-refractivity contribution in [3.05, 3.63) is 34.9 Å². The van der Waals surface area contributed by atoms with Crippen LogP contribution in [0.5, 0.6) is 0 Å². The summed E-state index contributed by atoms with van der Waals surface area (Å²) >= 11 is 5.52. The van der Waals surface area contributed by atoms with Crippen molar-refractivity contribution < 1.29 is 29.3 Å². The maximum absolute atomic E-state index is 12.1. The van der Waals surface area contributed by atoms with Crippen molar-refractivity contribution >= 4 is 29.3 Å². The summed E-state index contributed by atoms with van der Waals surface area (Å²) in [6.07, 6.45) is -1.99. The van der Waals surface area contributed by atoms with Gasteiger partial charge in [-0.2, -0.15) is 0 Å². The molecule has 0 bridgehead atoms. The summed E-state index contributed by atoms with van der Waals surface area (Å²) < 4.78 is 4.84. The van der Waals surface area contributed by atoms with Crippen molar-refractivity contribution in [1.29, 1.82) is 0 Å². The van der Waals surface area contributed by atoms with E-state index in [0.717, 1.165) is 0 Å². The molecule has 0 saturated heterocycles.